The zero-order valence-electron chi connectivity index (χ0n) is 10.2. The second-order valence-electron chi connectivity index (χ2n) is 5.42. The van der Waals surface area contributed by atoms with Crippen molar-refractivity contribution in [1.29, 1.82) is 0 Å². The average Bonchev–Trinajstić information content (AvgIpc) is 2.47. The number of aromatic nitrogens is 1. The maximum Gasteiger partial charge on any atom is 0.0897 e. The molecule has 1 aromatic rings. The largest absolute Gasteiger partial charge is 0.327 e. The first kappa shape index (κ1) is 12.7. The number of hydrogen-bond acceptors (Lipinski definition) is 3. The summed E-state index contributed by atoms with van der Waals surface area (Å²) in [7, 11) is 0. The van der Waals surface area contributed by atoms with Crippen molar-refractivity contribution < 1.29 is 0 Å². The molecule has 0 radical (unpaired) electrons. The minimum absolute atomic E-state index is 0.255. The molecule has 3 heteroatoms. The lowest BCUT2D eigenvalue weighted by atomic mass is 9.88. The molecule has 0 spiro atoms. The molecule has 0 amide bonds. The van der Waals surface area contributed by atoms with Gasteiger partial charge in [-0.1, -0.05) is 20.8 Å². The third-order valence-electron chi connectivity index (χ3n) is 2.40. The lowest BCUT2D eigenvalue weighted by Gasteiger charge is -2.20. The zero-order chi connectivity index (χ0) is 11.5. The van der Waals surface area contributed by atoms with E-state index in [9.17, 15) is 0 Å². The van der Waals surface area contributed by atoms with Crippen LogP contribution in [0.15, 0.2) is 5.38 Å². The van der Waals surface area contributed by atoms with Crippen LogP contribution in [-0.2, 0) is 6.42 Å². The molecule has 1 heterocycles. The van der Waals surface area contributed by atoms with E-state index in [1.807, 2.05) is 6.92 Å². The Morgan fingerprint density at radius 1 is 1.47 bits per heavy atom. The lowest BCUT2D eigenvalue weighted by molar-refractivity contribution is 0.347. The Morgan fingerprint density at radius 2 is 2.13 bits per heavy atom. The Balaban J connectivity index is 2.33. The van der Waals surface area contributed by atoms with Crippen molar-refractivity contribution in [1.82, 2.24) is 4.98 Å². The smallest absolute Gasteiger partial charge is 0.0897 e. The van der Waals surface area contributed by atoms with E-state index in [0.29, 0.717) is 5.41 Å². The molecule has 0 fully saturated rings. The van der Waals surface area contributed by atoms with Gasteiger partial charge in [-0.3, -0.25) is 0 Å². The van der Waals surface area contributed by atoms with Crippen LogP contribution >= 0.6 is 11.3 Å². The molecule has 15 heavy (non-hydrogen) atoms. The van der Waals surface area contributed by atoms with Gasteiger partial charge in [-0.05, 0) is 25.2 Å². The zero-order valence-corrected chi connectivity index (χ0v) is 11.0. The predicted octanol–water partition coefficient (Wildman–Crippen LogP) is 3.15. The molecule has 0 aromatic carbocycles. The van der Waals surface area contributed by atoms with E-state index in [1.165, 1.54) is 6.42 Å². The van der Waals surface area contributed by atoms with Crippen molar-refractivity contribution in [2.75, 3.05) is 0 Å². The fourth-order valence-corrected chi connectivity index (χ4v) is 2.12. The number of nitrogens with zero attached hydrogens (tertiary/aromatic N) is 1. The minimum atomic E-state index is 0.255. The molecule has 0 bridgehead atoms. The normalized spacial score (nSPS) is 14.2. The summed E-state index contributed by atoms with van der Waals surface area (Å²) >= 11 is 1.70. The number of aryl methyl sites for hydroxylation is 1. The van der Waals surface area contributed by atoms with Gasteiger partial charge < -0.3 is 5.73 Å². The molecule has 86 valence electrons. The molecule has 0 saturated carbocycles. The van der Waals surface area contributed by atoms with Crippen LogP contribution in [0, 0.1) is 12.3 Å². The SMILES string of the molecule is Cc1nc(CC(N)CCC(C)(C)C)cs1. The third-order valence-corrected chi connectivity index (χ3v) is 3.23. The van der Waals surface area contributed by atoms with E-state index in [4.69, 9.17) is 5.73 Å². The Labute approximate surface area is 96.9 Å². The van der Waals surface area contributed by atoms with Gasteiger partial charge in [0.2, 0.25) is 0 Å². The molecular formula is C12H22N2S. The van der Waals surface area contributed by atoms with Crippen LogP contribution < -0.4 is 5.73 Å². The lowest BCUT2D eigenvalue weighted by Crippen LogP contribution is -2.24. The van der Waals surface area contributed by atoms with Crippen LogP contribution in [0.2, 0.25) is 0 Å². The molecule has 2 N–H and O–H groups in total. The molecule has 0 saturated heterocycles. The van der Waals surface area contributed by atoms with Crippen molar-refractivity contribution >= 4 is 11.3 Å². The van der Waals surface area contributed by atoms with Gasteiger partial charge in [0.1, 0.15) is 0 Å². The summed E-state index contributed by atoms with van der Waals surface area (Å²) in [5.41, 5.74) is 7.62. The van der Waals surface area contributed by atoms with Crippen molar-refractivity contribution in [3.8, 4) is 0 Å². The maximum atomic E-state index is 6.09. The fraction of sp³-hybridized carbons (Fsp3) is 0.750. The highest BCUT2D eigenvalue weighted by atomic mass is 32.1. The quantitative estimate of drug-likeness (QED) is 0.856. The van der Waals surface area contributed by atoms with Crippen molar-refractivity contribution in [2.24, 2.45) is 11.1 Å². The fourth-order valence-electron chi connectivity index (χ4n) is 1.49. The number of hydrogen-bond donors (Lipinski definition) is 1. The Bertz CT molecular complexity index is 299. The van der Waals surface area contributed by atoms with Gasteiger partial charge in [-0.15, -0.1) is 11.3 Å². The summed E-state index contributed by atoms with van der Waals surface area (Å²) in [6.07, 6.45) is 3.18. The van der Waals surface area contributed by atoms with Crippen molar-refractivity contribution in [3.05, 3.63) is 16.1 Å². The van der Waals surface area contributed by atoms with E-state index in [1.54, 1.807) is 11.3 Å². The summed E-state index contributed by atoms with van der Waals surface area (Å²) in [5, 5.41) is 3.25. The van der Waals surface area contributed by atoms with Crippen molar-refractivity contribution in [3.63, 3.8) is 0 Å². The summed E-state index contributed by atoms with van der Waals surface area (Å²) in [6, 6.07) is 0.255. The van der Waals surface area contributed by atoms with Crippen LogP contribution in [0.4, 0.5) is 0 Å². The van der Waals surface area contributed by atoms with Crippen LogP contribution in [0.25, 0.3) is 0 Å². The summed E-state index contributed by atoms with van der Waals surface area (Å²) < 4.78 is 0. The molecule has 0 aliphatic heterocycles. The van der Waals surface area contributed by atoms with E-state index >= 15 is 0 Å². The van der Waals surface area contributed by atoms with Gasteiger partial charge in [0.15, 0.2) is 0 Å². The maximum absolute atomic E-state index is 6.09. The third kappa shape index (κ3) is 5.28. The first-order valence-electron chi connectivity index (χ1n) is 5.53. The van der Waals surface area contributed by atoms with Gasteiger partial charge in [-0.25, -0.2) is 4.98 Å². The van der Waals surface area contributed by atoms with Crippen molar-refractivity contribution in [2.45, 2.75) is 53.0 Å². The van der Waals surface area contributed by atoms with Crippen LogP contribution in [0.3, 0.4) is 0 Å². The van der Waals surface area contributed by atoms with Crippen LogP contribution in [-0.4, -0.2) is 11.0 Å². The molecular weight excluding hydrogens is 204 g/mol. The average molecular weight is 226 g/mol. The first-order valence-corrected chi connectivity index (χ1v) is 6.41. The Kier molecular flexibility index (Phi) is 4.29. The number of thiazole rings is 1. The number of nitrogens with two attached hydrogens (primary N) is 1. The van der Waals surface area contributed by atoms with E-state index in [-0.39, 0.29) is 6.04 Å². The molecule has 0 aliphatic rings. The predicted molar refractivity (Wildman–Crippen MR) is 67.2 cm³/mol. The molecule has 0 aliphatic carbocycles. The van der Waals surface area contributed by atoms with Gasteiger partial charge in [0.25, 0.3) is 0 Å². The second kappa shape index (κ2) is 5.08. The minimum Gasteiger partial charge on any atom is -0.327 e. The molecule has 1 aromatic heterocycles. The van der Waals surface area contributed by atoms with Gasteiger partial charge in [0.05, 0.1) is 10.7 Å². The monoisotopic (exact) mass is 226 g/mol. The second-order valence-corrected chi connectivity index (χ2v) is 6.48. The summed E-state index contributed by atoms with van der Waals surface area (Å²) in [5.74, 6) is 0. The highest BCUT2D eigenvalue weighted by Crippen LogP contribution is 2.22. The van der Waals surface area contributed by atoms with Gasteiger partial charge >= 0.3 is 0 Å². The molecule has 1 unspecified atom stereocenters. The van der Waals surface area contributed by atoms with Gasteiger partial charge in [-0.2, -0.15) is 0 Å². The highest BCUT2D eigenvalue weighted by Gasteiger charge is 2.13. The Hall–Kier alpha value is -0.410. The highest BCUT2D eigenvalue weighted by molar-refractivity contribution is 7.09. The summed E-state index contributed by atoms with van der Waals surface area (Å²) in [4.78, 5) is 4.43. The van der Waals surface area contributed by atoms with E-state index in [2.05, 4.69) is 31.1 Å². The molecule has 1 atom stereocenters. The first-order chi connectivity index (χ1) is 6.87. The standard InChI is InChI=1S/C12H22N2S/c1-9-14-11(8-15-9)7-10(13)5-6-12(2,3)4/h8,10H,5-7,13H2,1-4H3. The van der Waals surface area contributed by atoms with Gasteiger partial charge in [0, 0.05) is 17.8 Å². The number of rotatable bonds is 4. The topological polar surface area (TPSA) is 38.9 Å². The molecule has 1 rings (SSSR count). The van der Waals surface area contributed by atoms with Crippen LogP contribution in [0.5, 0.6) is 0 Å². The van der Waals surface area contributed by atoms with E-state index < -0.39 is 0 Å². The van der Waals surface area contributed by atoms with Crippen LogP contribution in [0.1, 0.15) is 44.3 Å². The summed E-state index contributed by atoms with van der Waals surface area (Å²) in [6.45, 7) is 8.81. The van der Waals surface area contributed by atoms with E-state index in [0.717, 1.165) is 23.5 Å². The Morgan fingerprint density at radius 3 is 2.60 bits per heavy atom. The molecule has 2 nitrogen and oxygen atoms in total.